The van der Waals surface area contributed by atoms with Crippen molar-refractivity contribution in [2.24, 2.45) is 0 Å². The molecule has 0 aliphatic heterocycles. The van der Waals surface area contributed by atoms with Gasteiger partial charge in [0.05, 0.1) is 23.7 Å². The first-order valence-corrected chi connectivity index (χ1v) is 4.01. The smallest absolute Gasteiger partial charge is 0.345 e. The van der Waals surface area contributed by atoms with Crippen LogP contribution in [0.1, 0.15) is 15.9 Å². The van der Waals surface area contributed by atoms with Crippen molar-refractivity contribution in [3.05, 3.63) is 33.4 Å². The maximum atomic E-state index is 11.2. The van der Waals surface area contributed by atoms with Crippen molar-refractivity contribution >= 4 is 11.7 Å². The second kappa shape index (κ2) is 4.27. The quantitative estimate of drug-likeness (QED) is 0.452. The Kier molecular flexibility index (Phi) is 3.06. The Labute approximate surface area is 89.6 Å². The average molecular weight is 222 g/mol. The minimum atomic E-state index is -0.987. The second-order valence-corrected chi connectivity index (χ2v) is 2.75. The molecule has 0 saturated heterocycles. The summed E-state index contributed by atoms with van der Waals surface area (Å²) in [6.45, 7) is 0. The molecule has 0 unspecified atom stereocenters. The van der Waals surface area contributed by atoms with Gasteiger partial charge in [0.25, 0.3) is 0 Å². The zero-order chi connectivity index (χ0) is 12.3. The van der Waals surface area contributed by atoms with E-state index in [-0.39, 0.29) is 5.56 Å². The van der Waals surface area contributed by atoms with Crippen LogP contribution < -0.4 is 0 Å². The number of carbonyl (C=O) groups is 1. The Balaban J connectivity index is 3.54. The minimum Gasteiger partial charge on any atom is -0.502 e. The first-order chi connectivity index (χ1) is 7.51. The highest BCUT2D eigenvalue weighted by atomic mass is 16.6. The van der Waals surface area contributed by atoms with E-state index >= 15 is 0 Å². The average Bonchev–Trinajstić information content (AvgIpc) is 2.26. The number of hydrogen-bond donors (Lipinski definition) is 1. The number of esters is 1. The number of phenolic OH excluding ortho intramolecular Hbond substituents is 1. The SMILES string of the molecule is COC(=O)c1cc(C#N)cc(O)c1[N+](=O)[O-]. The van der Waals surface area contributed by atoms with Gasteiger partial charge in [-0.2, -0.15) is 5.26 Å². The molecule has 1 aromatic carbocycles. The zero-order valence-electron chi connectivity index (χ0n) is 8.13. The largest absolute Gasteiger partial charge is 0.502 e. The van der Waals surface area contributed by atoms with E-state index in [2.05, 4.69) is 4.74 Å². The molecule has 1 N–H and O–H groups in total. The van der Waals surface area contributed by atoms with Crippen LogP contribution >= 0.6 is 0 Å². The molecule has 1 aromatic rings. The van der Waals surface area contributed by atoms with Crippen LogP contribution in [0.3, 0.4) is 0 Å². The minimum absolute atomic E-state index is 0.0662. The van der Waals surface area contributed by atoms with Gasteiger partial charge in [0.15, 0.2) is 5.75 Å². The number of nitro benzene ring substituents is 1. The van der Waals surface area contributed by atoms with E-state index in [0.29, 0.717) is 0 Å². The predicted molar refractivity (Wildman–Crippen MR) is 50.8 cm³/mol. The van der Waals surface area contributed by atoms with Crippen molar-refractivity contribution in [2.75, 3.05) is 7.11 Å². The summed E-state index contributed by atoms with van der Waals surface area (Å²) in [5.41, 5.74) is -1.29. The van der Waals surface area contributed by atoms with Crippen LogP contribution in [0, 0.1) is 21.4 Å². The van der Waals surface area contributed by atoms with Gasteiger partial charge in [0.1, 0.15) is 5.56 Å². The van der Waals surface area contributed by atoms with Crippen molar-refractivity contribution in [2.45, 2.75) is 0 Å². The molecule has 16 heavy (non-hydrogen) atoms. The van der Waals surface area contributed by atoms with E-state index in [1.807, 2.05) is 0 Å². The highest BCUT2D eigenvalue weighted by Crippen LogP contribution is 2.31. The topological polar surface area (TPSA) is 113 Å². The van der Waals surface area contributed by atoms with E-state index in [0.717, 1.165) is 19.2 Å². The molecule has 0 aliphatic rings. The van der Waals surface area contributed by atoms with E-state index in [9.17, 15) is 20.0 Å². The lowest BCUT2D eigenvalue weighted by atomic mass is 10.1. The summed E-state index contributed by atoms with van der Waals surface area (Å²) < 4.78 is 4.32. The lowest BCUT2D eigenvalue weighted by Crippen LogP contribution is -2.06. The lowest BCUT2D eigenvalue weighted by Gasteiger charge is -2.03. The number of ether oxygens (including phenoxy) is 1. The number of benzene rings is 1. The third kappa shape index (κ3) is 1.90. The molecule has 0 aromatic heterocycles. The molecule has 0 spiro atoms. The molecule has 1 rings (SSSR count). The number of nitriles is 1. The fraction of sp³-hybridized carbons (Fsp3) is 0.111. The number of hydrogen-bond acceptors (Lipinski definition) is 6. The van der Waals surface area contributed by atoms with Gasteiger partial charge in [0.2, 0.25) is 0 Å². The first kappa shape index (κ1) is 11.5. The molecular formula is C9H6N2O5. The van der Waals surface area contributed by atoms with Gasteiger partial charge in [-0.05, 0) is 6.07 Å². The van der Waals surface area contributed by atoms with Crippen LogP contribution in [-0.2, 0) is 4.74 Å². The summed E-state index contributed by atoms with van der Waals surface area (Å²) in [4.78, 5) is 20.9. The van der Waals surface area contributed by atoms with Gasteiger partial charge in [0, 0.05) is 6.07 Å². The lowest BCUT2D eigenvalue weighted by molar-refractivity contribution is -0.386. The predicted octanol–water partition coefficient (Wildman–Crippen LogP) is 0.959. The Morgan fingerprint density at radius 2 is 2.25 bits per heavy atom. The van der Waals surface area contributed by atoms with Crippen LogP contribution in [-0.4, -0.2) is 23.1 Å². The maximum Gasteiger partial charge on any atom is 0.345 e. The molecule has 0 radical (unpaired) electrons. The van der Waals surface area contributed by atoms with Crippen molar-refractivity contribution in [1.29, 1.82) is 5.26 Å². The Hall–Kier alpha value is -2.62. The van der Waals surface area contributed by atoms with E-state index in [1.165, 1.54) is 0 Å². The summed E-state index contributed by atoms with van der Waals surface area (Å²) in [5, 5.41) is 28.5. The number of carbonyl (C=O) groups excluding carboxylic acids is 1. The normalized spacial score (nSPS) is 9.25. The van der Waals surface area contributed by atoms with Gasteiger partial charge in [-0.25, -0.2) is 4.79 Å². The van der Waals surface area contributed by atoms with Crippen molar-refractivity contribution in [3.63, 3.8) is 0 Å². The molecule has 0 amide bonds. The maximum absolute atomic E-state index is 11.2. The Morgan fingerprint density at radius 3 is 2.69 bits per heavy atom. The summed E-state index contributed by atoms with van der Waals surface area (Å²) in [6.07, 6.45) is 0. The molecular weight excluding hydrogens is 216 g/mol. The van der Waals surface area contributed by atoms with Crippen LogP contribution in [0.25, 0.3) is 0 Å². The molecule has 0 saturated carbocycles. The Bertz CT molecular complexity index is 503. The number of nitro groups is 1. The highest BCUT2D eigenvalue weighted by Gasteiger charge is 2.26. The standard InChI is InChI=1S/C9H6N2O5/c1-16-9(13)6-2-5(4-10)3-7(12)8(6)11(14)15/h2-3,12H,1H3. The van der Waals surface area contributed by atoms with Gasteiger partial charge in [-0.3, -0.25) is 10.1 Å². The van der Waals surface area contributed by atoms with Gasteiger partial charge >= 0.3 is 11.7 Å². The Morgan fingerprint density at radius 1 is 1.62 bits per heavy atom. The third-order valence-corrected chi connectivity index (χ3v) is 1.81. The van der Waals surface area contributed by atoms with Crippen LogP contribution in [0.2, 0.25) is 0 Å². The summed E-state index contributed by atoms with van der Waals surface area (Å²) >= 11 is 0. The molecule has 7 heteroatoms. The van der Waals surface area contributed by atoms with Gasteiger partial charge in [-0.1, -0.05) is 0 Å². The highest BCUT2D eigenvalue weighted by molar-refractivity contribution is 5.95. The number of nitrogens with zero attached hydrogens (tertiary/aromatic N) is 2. The fourth-order valence-electron chi connectivity index (χ4n) is 1.14. The monoisotopic (exact) mass is 222 g/mol. The zero-order valence-corrected chi connectivity index (χ0v) is 8.13. The van der Waals surface area contributed by atoms with Crippen LogP contribution in [0.4, 0.5) is 5.69 Å². The molecule has 0 aliphatic carbocycles. The third-order valence-electron chi connectivity index (χ3n) is 1.81. The number of aromatic hydroxyl groups is 1. The number of phenols is 1. The van der Waals surface area contributed by atoms with Crippen molar-refractivity contribution < 1.29 is 19.6 Å². The molecule has 7 nitrogen and oxygen atoms in total. The van der Waals surface area contributed by atoms with Crippen molar-refractivity contribution in [1.82, 2.24) is 0 Å². The fourth-order valence-corrected chi connectivity index (χ4v) is 1.14. The van der Waals surface area contributed by atoms with E-state index in [4.69, 9.17) is 5.26 Å². The van der Waals surface area contributed by atoms with E-state index in [1.54, 1.807) is 6.07 Å². The van der Waals surface area contributed by atoms with Crippen molar-refractivity contribution in [3.8, 4) is 11.8 Å². The molecule has 0 bridgehead atoms. The summed E-state index contributed by atoms with van der Waals surface area (Å²) in [5.74, 6) is -1.73. The second-order valence-electron chi connectivity index (χ2n) is 2.75. The number of methoxy groups -OCH3 is 1. The first-order valence-electron chi connectivity index (χ1n) is 4.01. The van der Waals surface area contributed by atoms with Crippen LogP contribution in [0.15, 0.2) is 12.1 Å². The molecule has 82 valence electrons. The number of rotatable bonds is 2. The van der Waals surface area contributed by atoms with Crippen LogP contribution in [0.5, 0.6) is 5.75 Å². The summed E-state index contributed by atoms with van der Waals surface area (Å²) in [7, 11) is 1.04. The van der Waals surface area contributed by atoms with Gasteiger partial charge < -0.3 is 9.84 Å². The molecule has 0 fully saturated rings. The molecule has 0 atom stereocenters. The molecule has 0 heterocycles. The van der Waals surface area contributed by atoms with E-state index < -0.39 is 27.9 Å². The van der Waals surface area contributed by atoms with Gasteiger partial charge in [-0.15, -0.1) is 0 Å². The summed E-state index contributed by atoms with van der Waals surface area (Å²) in [6, 6.07) is 3.56.